The van der Waals surface area contributed by atoms with Gasteiger partial charge < -0.3 is 10.2 Å². The predicted molar refractivity (Wildman–Crippen MR) is 60.4 cm³/mol. The molecule has 2 heteroatoms. The van der Waals surface area contributed by atoms with Gasteiger partial charge in [-0.1, -0.05) is 13.3 Å². The average Bonchev–Trinajstić information content (AvgIpc) is 2.95. The smallest absolute Gasteiger partial charge is 0.0220 e. The zero-order chi connectivity index (χ0) is 9.97. The predicted octanol–water partition coefficient (Wildman–Crippen LogP) is 1.72. The van der Waals surface area contributed by atoms with Crippen molar-refractivity contribution in [2.45, 2.75) is 38.6 Å². The summed E-state index contributed by atoms with van der Waals surface area (Å²) in [5.74, 6) is 1.97. The molecule has 1 N–H and O–H groups in total. The second-order valence-corrected chi connectivity index (χ2v) is 5.06. The highest BCUT2D eigenvalue weighted by Gasteiger charge is 2.32. The molecule has 0 aromatic carbocycles. The Hall–Kier alpha value is -0.0800. The molecule has 0 radical (unpaired) electrons. The lowest BCUT2D eigenvalue weighted by Gasteiger charge is -2.23. The molecular weight excluding hydrogens is 172 g/mol. The second-order valence-electron chi connectivity index (χ2n) is 5.06. The van der Waals surface area contributed by atoms with E-state index in [0.29, 0.717) is 0 Å². The molecule has 1 aliphatic heterocycles. The highest BCUT2D eigenvalue weighted by molar-refractivity contribution is 4.89. The van der Waals surface area contributed by atoms with E-state index in [4.69, 9.17) is 0 Å². The molecule has 82 valence electrons. The molecule has 0 spiro atoms. The first-order valence-electron chi connectivity index (χ1n) is 6.23. The minimum absolute atomic E-state index is 0.769. The van der Waals surface area contributed by atoms with Gasteiger partial charge in [0.05, 0.1) is 0 Å². The van der Waals surface area contributed by atoms with E-state index in [1.807, 2.05) is 0 Å². The SMILES string of the molecule is CCC1CCN(CC(NC)C2CC2)C1. The van der Waals surface area contributed by atoms with Gasteiger partial charge in [0.1, 0.15) is 0 Å². The third-order valence-corrected chi connectivity index (χ3v) is 3.96. The van der Waals surface area contributed by atoms with Crippen molar-refractivity contribution in [3.05, 3.63) is 0 Å². The molecular formula is C12H24N2. The maximum absolute atomic E-state index is 3.48. The van der Waals surface area contributed by atoms with Gasteiger partial charge >= 0.3 is 0 Å². The van der Waals surface area contributed by atoms with E-state index in [9.17, 15) is 0 Å². The van der Waals surface area contributed by atoms with Gasteiger partial charge in [-0.05, 0) is 44.7 Å². The van der Waals surface area contributed by atoms with Crippen LogP contribution in [0.5, 0.6) is 0 Å². The fourth-order valence-electron chi connectivity index (χ4n) is 2.66. The van der Waals surface area contributed by atoms with Gasteiger partial charge in [-0.3, -0.25) is 0 Å². The van der Waals surface area contributed by atoms with Gasteiger partial charge in [-0.25, -0.2) is 0 Å². The standard InChI is InChI=1S/C12H24N2/c1-3-10-6-7-14(8-10)9-12(13-2)11-4-5-11/h10-13H,3-9H2,1-2H3. The summed E-state index contributed by atoms with van der Waals surface area (Å²) in [6.07, 6.45) is 5.70. The minimum Gasteiger partial charge on any atom is -0.315 e. The number of likely N-dealkylation sites (tertiary alicyclic amines) is 1. The Morgan fingerprint density at radius 3 is 2.64 bits per heavy atom. The highest BCUT2D eigenvalue weighted by Crippen LogP contribution is 2.33. The molecule has 0 amide bonds. The number of nitrogens with zero attached hydrogens (tertiary/aromatic N) is 1. The van der Waals surface area contributed by atoms with Gasteiger partial charge in [-0.2, -0.15) is 0 Å². The van der Waals surface area contributed by atoms with E-state index in [1.54, 1.807) is 0 Å². The summed E-state index contributed by atoms with van der Waals surface area (Å²) >= 11 is 0. The largest absolute Gasteiger partial charge is 0.315 e. The number of rotatable bonds is 5. The Bertz CT molecular complexity index is 177. The number of likely N-dealkylation sites (N-methyl/N-ethyl adjacent to an activating group) is 1. The molecule has 0 aromatic heterocycles. The second kappa shape index (κ2) is 4.63. The van der Waals surface area contributed by atoms with E-state index >= 15 is 0 Å². The normalized spacial score (nSPS) is 30.9. The summed E-state index contributed by atoms with van der Waals surface area (Å²) in [6, 6.07) is 0.769. The van der Waals surface area contributed by atoms with Crippen LogP contribution in [-0.2, 0) is 0 Å². The number of nitrogens with one attached hydrogen (secondary N) is 1. The van der Waals surface area contributed by atoms with Crippen molar-refractivity contribution in [1.82, 2.24) is 10.2 Å². The van der Waals surface area contributed by atoms with E-state index in [2.05, 4.69) is 24.2 Å². The van der Waals surface area contributed by atoms with Crippen molar-refractivity contribution >= 4 is 0 Å². The summed E-state index contributed by atoms with van der Waals surface area (Å²) in [5.41, 5.74) is 0. The fraction of sp³-hybridized carbons (Fsp3) is 1.00. The van der Waals surface area contributed by atoms with Gasteiger partial charge in [0, 0.05) is 19.1 Å². The summed E-state index contributed by atoms with van der Waals surface area (Å²) in [4.78, 5) is 2.66. The fourth-order valence-corrected chi connectivity index (χ4v) is 2.66. The molecule has 1 saturated carbocycles. The molecule has 0 bridgehead atoms. The van der Waals surface area contributed by atoms with Crippen molar-refractivity contribution in [3.63, 3.8) is 0 Å². The molecule has 1 aliphatic carbocycles. The first-order valence-corrected chi connectivity index (χ1v) is 6.23. The maximum atomic E-state index is 3.48. The summed E-state index contributed by atoms with van der Waals surface area (Å²) in [5, 5.41) is 3.48. The Morgan fingerprint density at radius 2 is 2.14 bits per heavy atom. The van der Waals surface area contributed by atoms with Crippen LogP contribution in [0.1, 0.15) is 32.6 Å². The van der Waals surface area contributed by atoms with Gasteiger partial charge in [0.25, 0.3) is 0 Å². The Morgan fingerprint density at radius 1 is 1.36 bits per heavy atom. The van der Waals surface area contributed by atoms with Gasteiger partial charge in [0.2, 0.25) is 0 Å². The third kappa shape index (κ3) is 2.48. The van der Waals surface area contributed by atoms with Gasteiger partial charge in [-0.15, -0.1) is 0 Å². The quantitative estimate of drug-likeness (QED) is 0.720. The average molecular weight is 196 g/mol. The van der Waals surface area contributed by atoms with E-state index in [1.165, 1.54) is 45.3 Å². The Balaban J connectivity index is 1.73. The lowest BCUT2D eigenvalue weighted by Crippen LogP contribution is -2.40. The molecule has 2 rings (SSSR count). The van der Waals surface area contributed by atoms with Crippen molar-refractivity contribution in [2.24, 2.45) is 11.8 Å². The minimum atomic E-state index is 0.769. The van der Waals surface area contributed by atoms with Crippen LogP contribution in [0.2, 0.25) is 0 Å². The Kier molecular flexibility index (Phi) is 3.45. The molecule has 2 nitrogen and oxygen atoms in total. The van der Waals surface area contributed by atoms with Crippen LogP contribution in [0.4, 0.5) is 0 Å². The first kappa shape index (κ1) is 10.4. The molecule has 2 unspecified atom stereocenters. The third-order valence-electron chi connectivity index (χ3n) is 3.96. The van der Waals surface area contributed by atoms with Gasteiger partial charge in [0.15, 0.2) is 0 Å². The highest BCUT2D eigenvalue weighted by atomic mass is 15.2. The van der Waals surface area contributed by atoms with Crippen LogP contribution in [0.3, 0.4) is 0 Å². The Labute approximate surface area is 88.1 Å². The van der Waals surface area contributed by atoms with Crippen molar-refractivity contribution in [2.75, 3.05) is 26.7 Å². The molecule has 2 atom stereocenters. The van der Waals surface area contributed by atoms with Crippen molar-refractivity contribution < 1.29 is 0 Å². The number of hydrogen-bond acceptors (Lipinski definition) is 2. The zero-order valence-corrected chi connectivity index (χ0v) is 9.63. The van der Waals surface area contributed by atoms with Crippen LogP contribution in [0.25, 0.3) is 0 Å². The maximum Gasteiger partial charge on any atom is 0.0220 e. The molecule has 1 heterocycles. The molecule has 1 saturated heterocycles. The molecule has 2 fully saturated rings. The van der Waals surface area contributed by atoms with Crippen LogP contribution in [-0.4, -0.2) is 37.6 Å². The number of hydrogen-bond donors (Lipinski definition) is 1. The summed E-state index contributed by atoms with van der Waals surface area (Å²) in [7, 11) is 2.12. The molecule has 14 heavy (non-hydrogen) atoms. The topological polar surface area (TPSA) is 15.3 Å². The molecule has 0 aromatic rings. The lowest BCUT2D eigenvalue weighted by molar-refractivity contribution is 0.272. The summed E-state index contributed by atoms with van der Waals surface area (Å²) < 4.78 is 0. The van der Waals surface area contributed by atoms with Crippen LogP contribution >= 0.6 is 0 Å². The van der Waals surface area contributed by atoms with E-state index < -0.39 is 0 Å². The monoisotopic (exact) mass is 196 g/mol. The summed E-state index contributed by atoms with van der Waals surface area (Å²) in [6.45, 7) is 6.30. The van der Waals surface area contributed by atoms with Crippen LogP contribution < -0.4 is 5.32 Å². The first-order chi connectivity index (χ1) is 6.83. The lowest BCUT2D eigenvalue weighted by atomic mass is 10.1. The van der Waals surface area contributed by atoms with Crippen LogP contribution in [0.15, 0.2) is 0 Å². The van der Waals surface area contributed by atoms with E-state index in [-0.39, 0.29) is 0 Å². The van der Waals surface area contributed by atoms with Crippen molar-refractivity contribution in [3.8, 4) is 0 Å². The van der Waals surface area contributed by atoms with Crippen LogP contribution in [0, 0.1) is 11.8 Å². The van der Waals surface area contributed by atoms with E-state index in [0.717, 1.165) is 17.9 Å². The van der Waals surface area contributed by atoms with Crippen molar-refractivity contribution in [1.29, 1.82) is 0 Å². The zero-order valence-electron chi connectivity index (χ0n) is 9.63. The molecule has 2 aliphatic rings.